The zero-order valence-electron chi connectivity index (χ0n) is 9.66. The average molecular weight is 197 g/mol. The van der Waals surface area contributed by atoms with Gasteiger partial charge in [0.2, 0.25) is 0 Å². The highest BCUT2D eigenvalue weighted by molar-refractivity contribution is 6.76. The molecular weight excluding hydrogens is 172 g/mol. The van der Waals surface area contributed by atoms with E-state index in [9.17, 15) is 0 Å². The minimum atomic E-state index is -0.778. The van der Waals surface area contributed by atoms with Gasteiger partial charge in [-0.05, 0) is 25.2 Å². The Labute approximate surface area is 85.1 Å². The zero-order valence-corrected chi connectivity index (χ0v) is 10.7. The van der Waals surface area contributed by atoms with Crippen molar-refractivity contribution in [2.24, 2.45) is 0 Å². The predicted octanol–water partition coefficient (Wildman–Crippen LogP) is 4.64. The summed E-state index contributed by atoms with van der Waals surface area (Å²) in [5.41, 5.74) is 0. The van der Waals surface area contributed by atoms with Crippen LogP contribution in [0.15, 0.2) is 0 Å². The van der Waals surface area contributed by atoms with Gasteiger partial charge in [0.05, 0.1) is 0 Å². The molecule has 0 saturated heterocycles. The van der Waals surface area contributed by atoms with E-state index in [1.807, 2.05) is 5.92 Å². The van der Waals surface area contributed by atoms with E-state index in [-0.39, 0.29) is 0 Å². The maximum Gasteiger partial charge on any atom is 0.0442 e. The fraction of sp³-hybridized carbons (Fsp3) is 0.917. The molecule has 0 spiro atoms. The van der Waals surface area contributed by atoms with Crippen molar-refractivity contribution in [1.29, 1.82) is 0 Å². The van der Waals surface area contributed by atoms with Crippen LogP contribution in [0.25, 0.3) is 0 Å². The first kappa shape index (κ1) is 11.3. The summed E-state index contributed by atoms with van der Waals surface area (Å²) in [6.45, 7) is 7.47. The first-order valence-corrected chi connectivity index (χ1v) is 9.62. The van der Waals surface area contributed by atoms with E-state index in [0.29, 0.717) is 0 Å². The molecule has 1 aliphatic carbocycles. The number of rotatable bonds is 3. The summed E-state index contributed by atoms with van der Waals surface area (Å²) in [5.74, 6) is 1.89. The third-order valence-corrected chi connectivity index (χ3v) is 4.79. The highest BCUT2D eigenvalue weighted by Gasteiger charge is 2.18. The minimum absolute atomic E-state index is 0.778. The first-order valence-electron chi connectivity index (χ1n) is 5.91. The van der Waals surface area contributed by atoms with Gasteiger partial charge in [0.1, 0.15) is 0 Å². The maximum absolute atomic E-state index is 2.49. The van der Waals surface area contributed by atoms with Gasteiger partial charge in [-0.15, -0.1) is 0 Å². The molecule has 0 N–H and O–H groups in total. The molecule has 0 nitrogen and oxygen atoms in total. The van der Waals surface area contributed by atoms with Gasteiger partial charge < -0.3 is 0 Å². The van der Waals surface area contributed by atoms with Crippen LogP contribution in [0.3, 0.4) is 0 Å². The molecule has 1 fully saturated rings. The Morgan fingerprint density at radius 3 is 1.92 bits per heavy atom. The number of hydrogen-bond donors (Lipinski definition) is 0. The van der Waals surface area contributed by atoms with Crippen molar-refractivity contribution in [1.82, 2.24) is 0 Å². The molecule has 0 unspecified atom stereocenters. The second-order valence-corrected chi connectivity index (χ2v) is 11.3. The van der Waals surface area contributed by atoms with Crippen LogP contribution in [0.5, 0.6) is 0 Å². The van der Waals surface area contributed by atoms with Crippen molar-refractivity contribution < 1.29 is 0 Å². The molecule has 1 heteroatoms. The van der Waals surface area contributed by atoms with E-state index in [2.05, 4.69) is 19.6 Å². The molecular formula is C12H25Si. The quantitative estimate of drug-likeness (QED) is 0.456. The van der Waals surface area contributed by atoms with E-state index in [1.54, 1.807) is 0 Å². The molecule has 0 aliphatic heterocycles. The molecule has 1 radical (unpaired) electrons. The Morgan fingerprint density at radius 2 is 1.46 bits per heavy atom. The average Bonchev–Trinajstić information content (AvgIpc) is 2.26. The molecule has 0 amide bonds. The normalized spacial score (nSPS) is 21.5. The SMILES string of the molecule is C[Si](C)(C)CC[C]1CCCCCC1. The van der Waals surface area contributed by atoms with Crippen molar-refractivity contribution in [2.45, 2.75) is 70.6 Å². The van der Waals surface area contributed by atoms with E-state index < -0.39 is 8.07 Å². The van der Waals surface area contributed by atoms with Crippen molar-refractivity contribution in [3.8, 4) is 0 Å². The molecule has 1 aliphatic rings. The van der Waals surface area contributed by atoms with Crippen LogP contribution >= 0.6 is 0 Å². The fourth-order valence-electron chi connectivity index (χ4n) is 2.03. The molecule has 0 aromatic carbocycles. The van der Waals surface area contributed by atoms with Crippen LogP contribution < -0.4 is 0 Å². The van der Waals surface area contributed by atoms with Gasteiger partial charge >= 0.3 is 0 Å². The van der Waals surface area contributed by atoms with Gasteiger partial charge in [-0.25, -0.2) is 0 Å². The van der Waals surface area contributed by atoms with E-state index >= 15 is 0 Å². The third-order valence-electron chi connectivity index (χ3n) is 3.04. The Kier molecular flexibility index (Phi) is 4.50. The van der Waals surface area contributed by atoms with Crippen molar-refractivity contribution >= 4 is 8.07 Å². The van der Waals surface area contributed by atoms with Crippen molar-refractivity contribution in [3.63, 3.8) is 0 Å². The van der Waals surface area contributed by atoms with Crippen LogP contribution in [0.2, 0.25) is 25.7 Å². The largest absolute Gasteiger partial charge is 0.0695 e. The minimum Gasteiger partial charge on any atom is -0.0695 e. The molecule has 1 rings (SSSR count). The molecule has 0 aromatic heterocycles. The highest BCUT2D eigenvalue weighted by Crippen LogP contribution is 2.30. The molecule has 13 heavy (non-hydrogen) atoms. The Morgan fingerprint density at radius 1 is 0.923 bits per heavy atom. The topological polar surface area (TPSA) is 0 Å². The Balaban J connectivity index is 2.19. The van der Waals surface area contributed by atoms with Gasteiger partial charge in [-0.2, -0.15) is 0 Å². The van der Waals surface area contributed by atoms with Crippen LogP contribution in [-0.4, -0.2) is 8.07 Å². The summed E-state index contributed by atoms with van der Waals surface area (Å²) in [6.07, 6.45) is 10.3. The molecule has 0 heterocycles. The second-order valence-electron chi connectivity index (χ2n) is 5.72. The predicted molar refractivity (Wildman–Crippen MR) is 63.7 cm³/mol. The summed E-state index contributed by atoms with van der Waals surface area (Å²) in [6, 6.07) is 1.52. The molecule has 77 valence electrons. The molecule has 0 bridgehead atoms. The monoisotopic (exact) mass is 197 g/mol. The lowest BCUT2D eigenvalue weighted by Crippen LogP contribution is -2.20. The van der Waals surface area contributed by atoms with Gasteiger partial charge in [0.25, 0.3) is 0 Å². The molecule has 1 saturated carbocycles. The molecule has 0 atom stereocenters. The van der Waals surface area contributed by atoms with Crippen molar-refractivity contribution in [3.05, 3.63) is 5.92 Å². The lowest BCUT2D eigenvalue weighted by molar-refractivity contribution is 0.683. The summed E-state index contributed by atoms with van der Waals surface area (Å²) in [7, 11) is -0.778. The summed E-state index contributed by atoms with van der Waals surface area (Å²) >= 11 is 0. The lowest BCUT2D eigenvalue weighted by Gasteiger charge is -2.20. The summed E-state index contributed by atoms with van der Waals surface area (Å²) < 4.78 is 0. The van der Waals surface area contributed by atoms with Crippen LogP contribution in [0.4, 0.5) is 0 Å². The Bertz CT molecular complexity index is 127. The van der Waals surface area contributed by atoms with Gasteiger partial charge in [0.15, 0.2) is 0 Å². The smallest absolute Gasteiger partial charge is 0.0442 e. The highest BCUT2D eigenvalue weighted by atomic mass is 28.3. The Hall–Kier alpha value is 0.217. The van der Waals surface area contributed by atoms with Gasteiger partial charge in [-0.3, -0.25) is 0 Å². The van der Waals surface area contributed by atoms with E-state index in [4.69, 9.17) is 0 Å². The second kappa shape index (κ2) is 5.19. The molecule has 0 aromatic rings. The van der Waals surface area contributed by atoms with E-state index in [1.165, 1.54) is 51.0 Å². The van der Waals surface area contributed by atoms with E-state index in [0.717, 1.165) is 0 Å². The third kappa shape index (κ3) is 5.51. The van der Waals surface area contributed by atoms with Crippen molar-refractivity contribution in [2.75, 3.05) is 0 Å². The lowest BCUT2D eigenvalue weighted by atomic mass is 9.98. The summed E-state index contributed by atoms with van der Waals surface area (Å²) in [4.78, 5) is 0. The van der Waals surface area contributed by atoms with Crippen LogP contribution in [0, 0.1) is 5.92 Å². The van der Waals surface area contributed by atoms with Crippen LogP contribution in [-0.2, 0) is 0 Å². The first-order chi connectivity index (χ1) is 6.08. The fourth-order valence-corrected chi connectivity index (χ4v) is 3.13. The number of hydrogen-bond acceptors (Lipinski definition) is 0. The van der Waals surface area contributed by atoms with Crippen LogP contribution in [0.1, 0.15) is 44.9 Å². The van der Waals surface area contributed by atoms with Gasteiger partial charge in [-0.1, -0.05) is 51.4 Å². The standard InChI is InChI=1S/C12H25Si/c1-13(2,3)11-10-12-8-6-4-5-7-9-12/h4-11H2,1-3H3. The zero-order chi connectivity index (χ0) is 9.73. The van der Waals surface area contributed by atoms with Gasteiger partial charge in [0, 0.05) is 8.07 Å². The summed E-state index contributed by atoms with van der Waals surface area (Å²) in [5, 5.41) is 0. The maximum atomic E-state index is 2.49.